The van der Waals surface area contributed by atoms with Gasteiger partial charge in [-0.1, -0.05) is 12.1 Å². The zero-order chi connectivity index (χ0) is 14.2. The highest BCUT2D eigenvalue weighted by atomic mass is 16.5. The molecule has 3 nitrogen and oxygen atoms in total. The first kappa shape index (κ1) is 12.9. The predicted octanol–water partition coefficient (Wildman–Crippen LogP) is 3.70. The molecule has 0 spiro atoms. The summed E-state index contributed by atoms with van der Waals surface area (Å²) in [6.07, 6.45) is 2.97. The standard InChI is InChI=1S/C17H18N2O/c1-17(2)11-20-16(19-17)13-6-3-5-12(9-13)15-8-4-7-14(15)10-18/h3,5-6,9H,4,7-8,11H2,1-2H3. The molecule has 0 atom stereocenters. The zero-order valence-corrected chi connectivity index (χ0v) is 11.9. The van der Waals surface area contributed by atoms with Crippen LogP contribution < -0.4 is 0 Å². The number of benzene rings is 1. The lowest BCUT2D eigenvalue weighted by Gasteiger charge is -2.07. The quantitative estimate of drug-likeness (QED) is 0.819. The van der Waals surface area contributed by atoms with E-state index in [1.54, 1.807) is 0 Å². The fourth-order valence-corrected chi connectivity index (χ4v) is 2.76. The number of hydrogen-bond acceptors (Lipinski definition) is 3. The lowest BCUT2D eigenvalue weighted by Crippen LogP contribution is -2.17. The van der Waals surface area contributed by atoms with Crippen molar-refractivity contribution in [3.05, 3.63) is 41.0 Å². The van der Waals surface area contributed by atoms with Gasteiger partial charge in [-0.2, -0.15) is 5.26 Å². The van der Waals surface area contributed by atoms with Crippen LogP contribution in [0, 0.1) is 11.3 Å². The average molecular weight is 266 g/mol. The Hall–Kier alpha value is -2.08. The third-order valence-electron chi connectivity index (χ3n) is 3.78. The number of nitriles is 1. The van der Waals surface area contributed by atoms with Crippen LogP contribution in [0.15, 0.2) is 34.8 Å². The van der Waals surface area contributed by atoms with Crippen molar-refractivity contribution in [2.24, 2.45) is 4.99 Å². The maximum Gasteiger partial charge on any atom is 0.216 e. The van der Waals surface area contributed by atoms with Gasteiger partial charge in [-0.15, -0.1) is 0 Å². The Labute approximate surface area is 119 Å². The van der Waals surface area contributed by atoms with Crippen molar-refractivity contribution < 1.29 is 4.74 Å². The molecule has 0 amide bonds. The molecule has 1 aromatic carbocycles. The van der Waals surface area contributed by atoms with Gasteiger partial charge < -0.3 is 4.74 Å². The molecule has 0 saturated heterocycles. The second-order valence-electron chi connectivity index (χ2n) is 6.02. The number of allylic oxidation sites excluding steroid dienone is 2. The second kappa shape index (κ2) is 4.79. The third kappa shape index (κ3) is 2.34. The number of hydrogen-bond donors (Lipinski definition) is 0. The molecule has 20 heavy (non-hydrogen) atoms. The molecular formula is C17H18N2O. The minimum absolute atomic E-state index is 0.143. The van der Waals surface area contributed by atoms with Crippen molar-refractivity contribution in [2.45, 2.75) is 38.6 Å². The van der Waals surface area contributed by atoms with Crippen molar-refractivity contribution in [1.82, 2.24) is 0 Å². The molecule has 0 bridgehead atoms. The van der Waals surface area contributed by atoms with Gasteiger partial charge in [0.25, 0.3) is 0 Å². The predicted molar refractivity (Wildman–Crippen MR) is 79.4 cm³/mol. The third-order valence-corrected chi connectivity index (χ3v) is 3.78. The van der Waals surface area contributed by atoms with Crippen molar-refractivity contribution in [3.63, 3.8) is 0 Å². The number of rotatable bonds is 2. The van der Waals surface area contributed by atoms with E-state index in [0.29, 0.717) is 12.5 Å². The van der Waals surface area contributed by atoms with Crippen LogP contribution in [-0.4, -0.2) is 18.0 Å². The van der Waals surface area contributed by atoms with Crippen LogP contribution in [0.1, 0.15) is 44.2 Å². The van der Waals surface area contributed by atoms with Gasteiger partial charge in [0, 0.05) is 11.1 Å². The highest BCUT2D eigenvalue weighted by Crippen LogP contribution is 2.34. The lowest BCUT2D eigenvalue weighted by atomic mass is 10.0. The van der Waals surface area contributed by atoms with Crippen LogP contribution in [0.25, 0.3) is 5.57 Å². The Bertz CT molecular complexity index is 647. The van der Waals surface area contributed by atoms with Crippen molar-refractivity contribution in [2.75, 3.05) is 6.61 Å². The molecule has 1 aliphatic heterocycles. The van der Waals surface area contributed by atoms with E-state index >= 15 is 0 Å². The van der Waals surface area contributed by atoms with Gasteiger partial charge in [0.2, 0.25) is 5.90 Å². The molecule has 0 saturated carbocycles. The van der Waals surface area contributed by atoms with Gasteiger partial charge in [-0.05, 0) is 56.4 Å². The van der Waals surface area contributed by atoms with Gasteiger partial charge in [0.05, 0.1) is 11.6 Å². The molecule has 3 rings (SSSR count). The van der Waals surface area contributed by atoms with Crippen molar-refractivity contribution in [3.8, 4) is 6.07 Å². The first-order valence-corrected chi connectivity index (χ1v) is 7.05. The monoisotopic (exact) mass is 266 g/mol. The highest BCUT2D eigenvalue weighted by Gasteiger charge is 2.27. The summed E-state index contributed by atoms with van der Waals surface area (Å²) in [5.41, 5.74) is 4.11. The van der Waals surface area contributed by atoms with E-state index in [4.69, 9.17) is 4.74 Å². The number of aliphatic imine (C=N–C) groups is 1. The summed E-state index contributed by atoms with van der Waals surface area (Å²) >= 11 is 0. The fourth-order valence-electron chi connectivity index (χ4n) is 2.76. The number of nitrogens with zero attached hydrogens (tertiary/aromatic N) is 2. The van der Waals surface area contributed by atoms with Crippen LogP contribution in [-0.2, 0) is 4.74 Å². The van der Waals surface area contributed by atoms with Gasteiger partial charge in [0.1, 0.15) is 6.61 Å². The zero-order valence-electron chi connectivity index (χ0n) is 11.9. The van der Waals surface area contributed by atoms with Crippen molar-refractivity contribution >= 4 is 11.5 Å². The van der Waals surface area contributed by atoms with Crippen LogP contribution in [0.3, 0.4) is 0 Å². The summed E-state index contributed by atoms with van der Waals surface area (Å²) in [6.45, 7) is 4.76. The largest absolute Gasteiger partial charge is 0.475 e. The Morgan fingerprint density at radius 3 is 2.75 bits per heavy atom. The Balaban J connectivity index is 1.98. The first-order chi connectivity index (χ1) is 9.59. The molecule has 2 aliphatic rings. The summed E-state index contributed by atoms with van der Waals surface area (Å²) in [5.74, 6) is 0.717. The minimum Gasteiger partial charge on any atom is -0.475 e. The van der Waals surface area contributed by atoms with Gasteiger partial charge in [-0.25, -0.2) is 4.99 Å². The smallest absolute Gasteiger partial charge is 0.216 e. The summed E-state index contributed by atoms with van der Waals surface area (Å²) in [7, 11) is 0. The molecule has 1 aliphatic carbocycles. The lowest BCUT2D eigenvalue weighted by molar-refractivity contribution is 0.279. The molecule has 102 valence electrons. The van der Waals surface area contributed by atoms with E-state index in [-0.39, 0.29) is 5.54 Å². The summed E-state index contributed by atoms with van der Waals surface area (Å²) in [5, 5.41) is 9.19. The van der Waals surface area contributed by atoms with Crippen LogP contribution >= 0.6 is 0 Å². The maximum absolute atomic E-state index is 9.19. The van der Waals surface area contributed by atoms with Crippen LogP contribution in [0.4, 0.5) is 0 Å². The van der Waals surface area contributed by atoms with E-state index in [1.165, 1.54) is 5.57 Å². The number of ether oxygens (including phenoxy) is 1. The molecule has 1 heterocycles. The van der Waals surface area contributed by atoms with Crippen molar-refractivity contribution in [1.29, 1.82) is 5.26 Å². The maximum atomic E-state index is 9.19. The molecule has 3 heteroatoms. The average Bonchev–Trinajstić information content (AvgIpc) is 3.04. The molecule has 0 radical (unpaired) electrons. The van der Waals surface area contributed by atoms with E-state index in [1.807, 2.05) is 12.1 Å². The van der Waals surface area contributed by atoms with E-state index in [9.17, 15) is 5.26 Å². The highest BCUT2D eigenvalue weighted by molar-refractivity contribution is 5.96. The van der Waals surface area contributed by atoms with Crippen LogP contribution in [0.2, 0.25) is 0 Å². The molecular weight excluding hydrogens is 248 g/mol. The SMILES string of the molecule is CC1(C)COC(c2cccc(C3=C(C#N)CCC3)c2)=N1. The van der Waals surface area contributed by atoms with Gasteiger partial charge in [-0.3, -0.25) is 0 Å². The molecule has 0 unspecified atom stereocenters. The summed E-state index contributed by atoms with van der Waals surface area (Å²) in [6, 6.07) is 10.5. The molecule has 0 aromatic heterocycles. The summed E-state index contributed by atoms with van der Waals surface area (Å²) in [4.78, 5) is 4.61. The van der Waals surface area contributed by atoms with E-state index in [0.717, 1.165) is 36.0 Å². The van der Waals surface area contributed by atoms with Gasteiger partial charge in [0.15, 0.2) is 0 Å². The Morgan fingerprint density at radius 1 is 1.25 bits per heavy atom. The van der Waals surface area contributed by atoms with E-state index in [2.05, 4.69) is 37.0 Å². The Kier molecular flexibility index (Phi) is 3.10. The first-order valence-electron chi connectivity index (χ1n) is 7.05. The topological polar surface area (TPSA) is 45.4 Å². The second-order valence-corrected chi connectivity index (χ2v) is 6.02. The fraction of sp³-hybridized carbons (Fsp3) is 0.412. The minimum atomic E-state index is -0.143. The molecule has 0 N–H and O–H groups in total. The molecule has 0 fully saturated rings. The van der Waals surface area contributed by atoms with E-state index < -0.39 is 0 Å². The Morgan fingerprint density at radius 2 is 2.05 bits per heavy atom. The normalized spacial score (nSPS) is 20.6. The summed E-state index contributed by atoms with van der Waals surface area (Å²) < 4.78 is 5.69. The molecule has 1 aromatic rings. The van der Waals surface area contributed by atoms with Crippen LogP contribution in [0.5, 0.6) is 0 Å². The van der Waals surface area contributed by atoms with Gasteiger partial charge >= 0.3 is 0 Å².